The van der Waals surface area contributed by atoms with Gasteiger partial charge in [0.15, 0.2) is 0 Å². The number of hydrogen-bond donors (Lipinski definition) is 0. The highest BCUT2D eigenvalue weighted by Crippen LogP contribution is 2.17. The fourth-order valence-electron chi connectivity index (χ4n) is 1.76. The third-order valence-electron chi connectivity index (χ3n) is 2.81. The van der Waals surface area contributed by atoms with Crippen molar-refractivity contribution < 1.29 is 9.53 Å². The van der Waals surface area contributed by atoms with Crippen LogP contribution in [0.2, 0.25) is 0 Å². The van der Waals surface area contributed by atoms with Gasteiger partial charge in [0.25, 0.3) is 0 Å². The minimum Gasteiger partial charge on any atom is -0.458 e. The van der Waals surface area contributed by atoms with Gasteiger partial charge in [-0.15, -0.1) is 0 Å². The molecule has 1 atom stereocenters. The molecule has 4 heteroatoms. The first-order valence-corrected chi connectivity index (χ1v) is 7.05. The van der Waals surface area contributed by atoms with Gasteiger partial charge in [-0.2, -0.15) is 0 Å². The summed E-state index contributed by atoms with van der Waals surface area (Å²) in [6, 6.07) is 7.30. The van der Waals surface area contributed by atoms with Crippen molar-refractivity contribution in [1.82, 2.24) is 4.90 Å². The maximum atomic E-state index is 12.0. The Hall–Kier alpha value is -0.870. The number of carbonyl (C=O) groups excluding carboxylic acids is 1. The van der Waals surface area contributed by atoms with E-state index in [2.05, 4.69) is 34.7 Å². The van der Waals surface area contributed by atoms with Crippen molar-refractivity contribution in [1.29, 1.82) is 0 Å². The molecule has 1 aromatic rings. The summed E-state index contributed by atoms with van der Waals surface area (Å²) in [4.78, 5) is 14.2. The lowest BCUT2D eigenvalue weighted by Gasteiger charge is -2.22. The number of halogens is 1. The van der Waals surface area contributed by atoms with Crippen molar-refractivity contribution >= 4 is 21.9 Å². The van der Waals surface area contributed by atoms with Crippen LogP contribution in [0, 0.1) is 0 Å². The molecule has 1 unspecified atom stereocenters. The molecule has 3 nitrogen and oxygen atoms in total. The van der Waals surface area contributed by atoms with E-state index in [1.165, 1.54) is 0 Å². The summed E-state index contributed by atoms with van der Waals surface area (Å²) in [6.07, 6.45) is -0.107. The van der Waals surface area contributed by atoms with Crippen molar-refractivity contribution in [2.45, 2.75) is 26.9 Å². The highest BCUT2D eigenvalue weighted by molar-refractivity contribution is 9.10. The topological polar surface area (TPSA) is 29.5 Å². The summed E-state index contributed by atoms with van der Waals surface area (Å²) in [6.45, 7) is 8.83. The first kappa shape index (κ1) is 15.2. The molecule has 100 valence electrons. The summed E-state index contributed by atoms with van der Waals surface area (Å²) >= 11 is 3.35. The molecule has 0 saturated heterocycles. The molecule has 0 heterocycles. The third kappa shape index (κ3) is 4.42. The van der Waals surface area contributed by atoms with E-state index in [0.717, 1.165) is 24.1 Å². The monoisotopic (exact) mass is 313 g/mol. The maximum Gasteiger partial charge on any atom is 0.339 e. The Morgan fingerprint density at radius 2 is 1.94 bits per heavy atom. The van der Waals surface area contributed by atoms with Crippen molar-refractivity contribution in [3.8, 4) is 0 Å². The average Bonchev–Trinajstić information content (AvgIpc) is 2.36. The van der Waals surface area contributed by atoms with Crippen LogP contribution in [0.5, 0.6) is 0 Å². The SMILES string of the molecule is CCN(CC)CC(C)OC(=O)c1ccccc1Br. The number of benzene rings is 1. The van der Waals surface area contributed by atoms with E-state index in [-0.39, 0.29) is 12.1 Å². The van der Waals surface area contributed by atoms with Crippen LogP contribution in [0.3, 0.4) is 0 Å². The molecule has 0 spiro atoms. The largest absolute Gasteiger partial charge is 0.458 e. The summed E-state index contributed by atoms with van der Waals surface area (Å²) in [5, 5.41) is 0. The second-order valence-electron chi connectivity index (χ2n) is 4.18. The number of likely N-dealkylation sites (N-methyl/N-ethyl adjacent to an activating group) is 1. The number of hydrogen-bond acceptors (Lipinski definition) is 3. The van der Waals surface area contributed by atoms with Crippen molar-refractivity contribution in [2.75, 3.05) is 19.6 Å². The minimum atomic E-state index is -0.276. The highest BCUT2D eigenvalue weighted by Gasteiger charge is 2.15. The zero-order chi connectivity index (χ0) is 13.5. The molecule has 1 rings (SSSR count). The molecule has 0 aromatic heterocycles. The molecule has 0 radical (unpaired) electrons. The van der Waals surface area contributed by atoms with Gasteiger partial charge < -0.3 is 9.64 Å². The normalized spacial score (nSPS) is 12.5. The second kappa shape index (κ2) is 7.54. The fraction of sp³-hybridized carbons (Fsp3) is 0.500. The smallest absolute Gasteiger partial charge is 0.339 e. The zero-order valence-electron chi connectivity index (χ0n) is 11.1. The predicted molar refractivity (Wildman–Crippen MR) is 76.8 cm³/mol. The Labute approximate surface area is 117 Å². The van der Waals surface area contributed by atoms with E-state index in [1.54, 1.807) is 6.07 Å². The van der Waals surface area contributed by atoms with Crippen LogP contribution >= 0.6 is 15.9 Å². The molecule has 0 saturated carbocycles. The van der Waals surface area contributed by atoms with E-state index in [0.29, 0.717) is 5.56 Å². The lowest BCUT2D eigenvalue weighted by atomic mass is 10.2. The lowest BCUT2D eigenvalue weighted by molar-refractivity contribution is 0.0259. The predicted octanol–water partition coefficient (Wildman–Crippen LogP) is 3.34. The fourth-order valence-corrected chi connectivity index (χ4v) is 2.20. The van der Waals surface area contributed by atoms with E-state index in [9.17, 15) is 4.79 Å². The summed E-state index contributed by atoms with van der Waals surface area (Å²) < 4.78 is 6.21. The van der Waals surface area contributed by atoms with Crippen LogP contribution in [0.4, 0.5) is 0 Å². The molecule has 0 aliphatic rings. The zero-order valence-corrected chi connectivity index (χ0v) is 12.7. The molecule has 0 aliphatic heterocycles. The van der Waals surface area contributed by atoms with E-state index < -0.39 is 0 Å². The summed E-state index contributed by atoms with van der Waals surface area (Å²) in [5.74, 6) is -0.276. The first-order valence-electron chi connectivity index (χ1n) is 6.26. The Balaban J connectivity index is 2.57. The van der Waals surface area contributed by atoms with E-state index in [1.807, 2.05) is 25.1 Å². The van der Waals surface area contributed by atoms with Gasteiger partial charge >= 0.3 is 5.97 Å². The number of rotatable bonds is 6. The maximum absolute atomic E-state index is 12.0. The van der Waals surface area contributed by atoms with Gasteiger partial charge in [-0.25, -0.2) is 4.79 Å². The minimum absolute atomic E-state index is 0.107. The summed E-state index contributed by atoms with van der Waals surface area (Å²) in [5.41, 5.74) is 0.573. The Morgan fingerprint density at radius 3 is 2.50 bits per heavy atom. The Kier molecular flexibility index (Phi) is 6.36. The molecular weight excluding hydrogens is 294 g/mol. The number of ether oxygens (including phenoxy) is 1. The van der Waals surface area contributed by atoms with Crippen molar-refractivity contribution in [3.05, 3.63) is 34.3 Å². The lowest BCUT2D eigenvalue weighted by Crippen LogP contribution is -2.33. The molecule has 18 heavy (non-hydrogen) atoms. The van der Waals surface area contributed by atoms with E-state index in [4.69, 9.17) is 4.74 Å². The average molecular weight is 314 g/mol. The van der Waals surface area contributed by atoms with Crippen LogP contribution in [0.1, 0.15) is 31.1 Å². The molecule has 0 aliphatic carbocycles. The van der Waals surface area contributed by atoms with Gasteiger partial charge in [-0.05, 0) is 48.1 Å². The number of esters is 1. The van der Waals surface area contributed by atoms with E-state index >= 15 is 0 Å². The first-order chi connectivity index (χ1) is 8.58. The quantitative estimate of drug-likeness (QED) is 0.754. The van der Waals surface area contributed by atoms with Gasteiger partial charge in [0.1, 0.15) is 6.10 Å². The molecular formula is C14H20BrNO2. The van der Waals surface area contributed by atoms with Gasteiger partial charge in [0, 0.05) is 11.0 Å². The van der Waals surface area contributed by atoms with Gasteiger partial charge in [-0.1, -0.05) is 26.0 Å². The molecule has 0 bridgehead atoms. The van der Waals surface area contributed by atoms with Crippen LogP contribution < -0.4 is 0 Å². The molecule has 0 amide bonds. The number of carbonyl (C=O) groups is 1. The van der Waals surface area contributed by atoms with Crippen molar-refractivity contribution in [2.24, 2.45) is 0 Å². The molecule has 0 N–H and O–H groups in total. The number of nitrogens with zero attached hydrogens (tertiary/aromatic N) is 1. The Morgan fingerprint density at radius 1 is 1.33 bits per heavy atom. The van der Waals surface area contributed by atoms with Crippen molar-refractivity contribution in [3.63, 3.8) is 0 Å². The molecule has 0 fully saturated rings. The Bertz CT molecular complexity index is 391. The molecule has 1 aromatic carbocycles. The van der Waals surface area contributed by atoms with Gasteiger partial charge in [-0.3, -0.25) is 0 Å². The standard InChI is InChI=1S/C14H20BrNO2/c1-4-16(5-2)10-11(3)18-14(17)12-8-6-7-9-13(12)15/h6-9,11H,4-5,10H2,1-3H3. The highest BCUT2D eigenvalue weighted by atomic mass is 79.9. The van der Waals surface area contributed by atoms with Crippen LogP contribution in [0.25, 0.3) is 0 Å². The van der Waals surface area contributed by atoms with Crippen LogP contribution in [-0.2, 0) is 4.74 Å². The van der Waals surface area contributed by atoms with Gasteiger partial charge in [0.2, 0.25) is 0 Å². The van der Waals surface area contributed by atoms with Crippen LogP contribution in [-0.4, -0.2) is 36.6 Å². The third-order valence-corrected chi connectivity index (χ3v) is 3.50. The van der Waals surface area contributed by atoms with Crippen LogP contribution in [0.15, 0.2) is 28.7 Å². The second-order valence-corrected chi connectivity index (χ2v) is 5.04. The summed E-state index contributed by atoms with van der Waals surface area (Å²) in [7, 11) is 0. The van der Waals surface area contributed by atoms with Gasteiger partial charge in [0.05, 0.1) is 5.56 Å².